The largest absolute Gasteiger partial charge is 0.311 e. The lowest BCUT2D eigenvalue weighted by Gasteiger charge is -2.17. The van der Waals surface area contributed by atoms with Crippen LogP contribution in [0.2, 0.25) is 0 Å². The lowest BCUT2D eigenvalue weighted by molar-refractivity contribution is 0.255. The zero-order valence-electron chi connectivity index (χ0n) is 8.14. The van der Waals surface area contributed by atoms with Crippen molar-refractivity contribution in [3.8, 4) is 0 Å². The first-order valence-electron chi connectivity index (χ1n) is 5.01. The second-order valence-electron chi connectivity index (χ2n) is 3.74. The van der Waals surface area contributed by atoms with Crippen LogP contribution in [0.3, 0.4) is 0 Å². The molecule has 0 bridgehead atoms. The Morgan fingerprint density at radius 1 is 1.27 bits per heavy atom. The molecule has 1 aliphatic heterocycles. The summed E-state index contributed by atoms with van der Waals surface area (Å²) in [6.45, 7) is 0.709. The van der Waals surface area contributed by atoms with Crippen LogP contribution < -0.4 is 5.32 Å². The van der Waals surface area contributed by atoms with Gasteiger partial charge < -0.3 is 5.32 Å². The van der Waals surface area contributed by atoms with Crippen molar-refractivity contribution >= 4 is 0 Å². The Hall–Kier alpha value is -1.03. The quantitative estimate of drug-likeness (QED) is 0.799. The van der Waals surface area contributed by atoms with Gasteiger partial charge in [-0.1, -0.05) is 6.07 Å². The molecule has 0 spiro atoms. The van der Waals surface area contributed by atoms with Gasteiger partial charge in [0.2, 0.25) is 0 Å². The molecular weight excluding hydrogens is 203 g/mol. The molecule has 1 nitrogen and oxygen atoms in total. The molecule has 1 heterocycles. The van der Waals surface area contributed by atoms with Crippen molar-refractivity contribution in [1.29, 1.82) is 0 Å². The molecular formula is C11H12F3N. The second kappa shape index (κ2) is 4.23. The Bertz CT molecular complexity index is 327. The fourth-order valence-electron chi connectivity index (χ4n) is 1.94. The molecule has 4 heteroatoms. The van der Waals surface area contributed by atoms with Crippen LogP contribution in [0.1, 0.15) is 24.6 Å². The highest BCUT2D eigenvalue weighted by molar-refractivity contribution is 5.23. The van der Waals surface area contributed by atoms with Crippen LogP contribution in [0.4, 0.5) is 13.2 Å². The van der Waals surface area contributed by atoms with E-state index in [0.29, 0.717) is 13.0 Å². The summed E-state index contributed by atoms with van der Waals surface area (Å²) in [5.74, 6) is -1.62. The van der Waals surface area contributed by atoms with E-state index in [0.717, 1.165) is 18.6 Å². The Balaban J connectivity index is 2.27. The molecule has 2 atom stereocenters. The molecule has 1 N–H and O–H groups in total. The standard InChI is InChI=1S/C11H12F3N/c12-7-3-1-4-8(13)10(7)11(14)9-5-2-6-15-9/h1,3-4,9,11,15H,2,5-6H2. The molecule has 0 saturated carbocycles. The van der Waals surface area contributed by atoms with Crippen molar-refractivity contribution in [2.75, 3.05) is 6.54 Å². The molecule has 1 aromatic carbocycles. The van der Waals surface area contributed by atoms with Crippen molar-refractivity contribution < 1.29 is 13.2 Å². The van der Waals surface area contributed by atoms with Crippen LogP contribution in [0, 0.1) is 11.6 Å². The van der Waals surface area contributed by atoms with Crippen molar-refractivity contribution in [3.63, 3.8) is 0 Å². The van der Waals surface area contributed by atoms with Crippen molar-refractivity contribution in [3.05, 3.63) is 35.4 Å². The summed E-state index contributed by atoms with van der Waals surface area (Å²) in [6.07, 6.45) is -0.135. The maximum Gasteiger partial charge on any atom is 0.146 e. The molecule has 15 heavy (non-hydrogen) atoms. The van der Waals surface area contributed by atoms with Crippen molar-refractivity contribution in [2.45, 2.75) is 25.1 Å². The maximum absolute atomic E-state index is 13.8. The molecule has 0 amide bonds. The summed E-state index contributed by atoms with van der Waals surface area (Å²) in [7, 11) is 0. The van der Waals surface area contributed by atoms with E-state index in [1.54, 1.807) is 0 Å². The molecule has 2 unspecified atom stereocenters. The van der Waals surface area contributed by atoms with Crippen LogP contribution >= 0.6 is 0 Å². The molecule has 1 saturated heterocycles. The number of benzene rings is 1. The minimum Gasteiger partial charge on any atom is -0.311 e. The maximum atomic E-state index is 13.8. The third kappa shape index (κ3) is 2.00. The fraction of sp³-hybridized carbons (Fsp3) is 0.455. The van der Waals surface area contributed by atoms with Crippen LogP contribution in [-0.4, -0.2) is 12.6 Å². The first-order chi connectivity index (χ1) is 7.20. The number of halogens is 3. The lowest BCUT2D eigenvalue weighted by Crippen LogP contribution is -2.27. The van der Waals surface area contributed by atoms with E-state index in [-0.39, 0.29) is 0 Å². The average Bonchev–Trinajstić information content (AvgIpc) is 2.69. The summed E-state index contributed by atoms with van der Waals surface area (Å²) < 4.78 is 40.3. The SMILES string of the molecule is Fc1cccc(F)c1C(F)C1CCCN1. The van der Waals surface area contributed by atoms with Gasteiger partial charge in [0.15, 0.2) is 0 Å². The lowest BCUT2D eigenvalue weighted by atomic mass is 10.0. The molecule has 1 fully saturated rings. The Morgan fingerprint density at radius 2 is 1.93 bits per heavy atom. The minimum atomic E-state index is -1.60. The summed E-state index contributed by atoms with van der Waals surface area (Å²) >= 11 is 0. The van der Waals surface area contributed by atoms with Gasteiger partial charge in [-0.05, 0) is 31.5 Å². The number of nitrogens with one attached hydrogen (secondary N) is 1. The zero-order chi connectivity index (χ0) is 10.8. The predicted octanol–water partition coefficient (Wildman–Crippen LogP) is 2.73. The van der Waals surface area contributed by atoms with Gasteiger partial charge in [0.05, 0.1) is 5.56 Å². The first kappa shape index (κ1) is 10.5. The first-order valence-corrected chi connectivity index (χ1v) is 5.01. The summed E-state index contributed by atoms with van der Waals surface area (Å²) in [5.41, 5.74) is -0.447. The van der Waals surface area contributed by atoms with Crippen LogP contribution in [0.25, 0.3) is 0 Å². The molecule has 1 aliphatic rings. The normalized spacial score (nSPS) is 23.0. The summed E-state index contributed by atoms with van der Waals surface area (Å²) in [4.78, 5) is 0. The second-order valence-corrected chi connectivity index (χ2v) is 3.74. The highest BCUT2D eigenvalue weighted by atomic mass is 19.2. The molecule has 0 aromatic heterocycles. The van der Waals surface area contributed by atoms with Gasteiger partial charge in [0.25, 0.3) is 0 Å². The predicted molar refractivity (Wildman–Crippen MR) is 51.2 cm³/mol. The van der Waals surface area contributed by atoms with Crippen LogP contribution in [0.15, 0.2) is 18.2 Å². The highest BCUT2D eigenvalue weighted by Crippen LogP contribution is 2.30. The number of hydrogen-bond donors (Lipinski definition) is 1. The van der Waals surface area contributed by atoms with E-state index in [1.807, 2.05) is 0 Å². The van der Waals surface area contributed by atoms with Gasteiger partial charge in [-0.3, -0.25) is 0 Å². The Labute approximate surface area is 86.3 Å². The number of hydrogen-bond acceptors (Lipinski definition) is 1. The van der Waals surface area contributed by atoms with Gasteiger partial charge in [-0.2, -0.15) is 0 Å². The van der Waals surface area contributed by atoms with Gasteiger partial charge in [-0.15, -0.1) is 0 Å². The fourth-order valence-corrected chi connectivity index (χ4v) is 1.94. The third-order valence-corrected chi connectivity index (χ3v) is 2.73. The monoisotopic (exact) mass is 215 g/mol. The van der Waals surface area contributed by atoms with E-state index in [9.17, 15) is 13.2 Å². The molecule has 2 rings (SSSR count). The summed E-state index contributed by atoms with van der Waals surface area (Å²) in [5, 5.41) is 2.90. The number of rotatable bonds is 2. The molecule has 0 aliphatic carbocycles. The molecule has 1 aromatic rings. The van der Waals surface area contributed by atoms with E-state index in [1.165, 1.54) is 6.07 Å². The average molecular weight is 215 g/mol. The highest BCUT2D eigenvalue weighted by Gasteiger charge is 2.29. The summed E-state index contributed by atoms with van der Waals surface area (Å²) in [6, 6.07) is 2.94. The van der Waals surface area contributed by atoms with Crippen LogP contribution in [0.5, 0.6) is 0 Å². The smallest absolute Gasteiger partial charge is 0.146 e. The van der Waals surface area contributed by atoms with E-state index >= 15 is 0 Å². The van der Waals surface area contributed by atoms with Gasteiger partial charge in [0, 0.05) is 6.04 Å². The number of alkyl halides is 1. The third-order valence-electron chi connectivity index (χ3n) is 2.73. The van der Waals surface area contributed by atoms with E-state index in [4.69, 9.17) is 0 Å². The van der Waals surface area contributed by atoms with Gasteiger partial charge >= 0.3 is 0 Å². The Morgan fingerprint density at radius 3 is 2.47 bits per heavy atom. The van der Waals surface area contributed by atoms with Gasteiger partial charge in [0.1, 0.15) is 17.8 Å². The topological polar surface area (TPSA) is 12.0 Å². The molecule has 0 radical (unpaired) electrons. The zero-order valence-corrected chi connectivity index (χ0v) is 8.14. The van der Waals surface area contributed by atoms with Crippen molar-refractivity contribution in [1.82, 2.24) is 5.32 Å². The van der Waals surface area contributed by atoms with E-state index in [2.05, 4.69) is 5.32 Å². The van der Waals surface area contributed by atoms with E-state index < -0.39 is 29.4 Å². The minimum absolute atomic E-state index is 0.447. The van der Waals surface area contributed by atoms with Crippen LogP contribution in [-0.2, 0) is 0 Å². The van der Waals surface area contributed by atoms with Crippen molar-refractivity contribution in [2.24, 2.45) is 0 Å². The van der Waals surface area contributed by atoms with Gasteiger partial charge in [-0.25, -0.2) is 13.2 Å². The Kier molecular flexibility index (Phi) is 2.95. The molecule has 82 valence electrons.